The van der Waals surface area contributed by atoms with Gasteiger partial charge in [0.15, 0.2) is 11.5 Å². The largest absolute Gasteiger partial charge is 0.497 e. The Kier molecular flexibility index (Phi) is 7.95. The number of rotatable bonds is 10. The third-order valence-electron chi connectivity index (χ3n) is 4.24. The van der Waals surface area contributed by atoms with E-state index in [0.29, 0.717) is 30.3 Å². The fourth-order valence-corrected chi connectivity index (χ4v) is 2.84. The number of carbonyl (C=O) groups excluding carboxylic acids is 1. The first kappa shape index (κ1) is 21.4. The molecule has 2 rings (SSSR count). The second kappa shape index (κ2) is 10.4. The van der Waals surface area contributed by atoms with Gasteiger partial charge in [0.05, 0.1) is 35.0 Å². The first-order chi connectivity index (χ1) is 13.5. The Morgan fingerprint density at radius 2 is 1.50 bits per heavy atom. The van der Waals surface area contributed by atoms with E-state index >= 15 is 0 Å². The number of nitrogens with zero attached hydrogens (tertiary/aromatic N) is 1. The van der Waals surface area contributed by atoms with Crippen LogP contribution in [0.15, 0.2) is 36.4 Å². The molecular weight excluding hydrogens is 360 g/mol. The summed E-state index contributed by atoms with van der Waals surface area (Å²) in [6.45, 7) is 1.32. The summed E-state index contributed by atoms with van der Waals surface area (Å²) < 4.78 is 21.1. The molecule has 0 spiro atoms. The third-order valence-corrected chi connectivity index (χ3v) is 4.24. The van der Waals surface area contributed by atoms with Gasteiger partial charge in [-0.05, 0) is 42.4 Å². The molecule has 0 bridgehead atoms. The number of likely N-dealkylation sites (N-methyl/N-ethyl adjacent to an activating group) is 1. The van der Waals surface area contributed by atoms with E-state index in [4.69, 9.17) is 18.9 Å². The van der Waals surface area contributed by atoms with E-state index in [0.717, 1.165) is 16.9 Å². The minimum absolute atomic E-state index is 0.0650. The van der Waals surface area contributed by atoms with Crippen LogP contribution in [0.4, 0.5) is 0 Å². The predicted octanol–water partition coefficient (Wildman–Crippen LogP) is 2.47. The quantitative estimate of drug-likeness (QED) is 0.674. The van der Waals surface area contributed by atoms with Crippen molar-refractivity contribution in [3.05, 3.63) is 47.5 Å². The van der Waals surface area contributed by atoms with Crippen LogP contribution >= 0.6 is 0 Å². The van der Waals surface area contributed by atoms with Crippen LogP contribution in [0, 0.1) is 0 Å². The normalized spacial score (nSPS) is 10.5. The lowest BCUT2D eigenvalue weighted by molar-refractivity contribution is -0.122. The van der Waals surface area contributed by atoms with E-state index in [9.17, 15) is 4.79 Å². The molecule has 0 heterocycles. The highest BCUT2D eigenvalue weighted by molar-refractivity contribution is 5.78. The average molecular weight is 388 g/mol. The van der Waals surface area contributed by atoms with Crippen molar-refractivity contribution in [2.45, 2.75) is 13.1 Å². The van der Waals surface area contributed by atoms with Crippen molar-refractivity contribution in [3.63, 3.8) is 0 Å². The van der Waals surface area contributed by atoms with Gasteiger partial charge in [-0.2, -0.15) is 0 Å². The number of nitrogens with one attached hydrogen (secondary N) is 1. The minimum Gasteiger partial charge on any atom is -0.497 e. The number of hydrogen-bond acceptors (Lipinski definition) is 6. The highest BCUT2D eigenvalue weighted by Gasteiger charge is 2.14. The van der Waals surface area contributed by atoms with Gasteiger partial charge in [-0.1, -0.05) is 12.1 Å². The molecule has 1 N–H and O–H groups in total. The lowest BCUT2D eigenvalue weighted by atomic mass is 10.1. The van der Waals surface area contributed by atoms with Crippen LogP contribution in [0.5, 0.6) is 23.0 Å². The number of ether oxygens (including phenoxy) is 4. The first-order valence-corrected chi connectivity index (χ1v) is 8.87. The lowest BCUT2D eigenvalue weighted by Gasteiger charge is -2.17. The van der Waals surface area contributed by atoms with Crippen LogP contribution in [0.25, 0.3) is 0 Å². The molecule has 0 aromatic heterocycles. The number of hydrogen-bond donors (Lipinski definition) is 1. The molecule has 0 radical (unpaired) electrons. The summed E-state index contributed by atoms with van der Waals surface area (Å²) in [6.07, 6.45) is 0. The molecule has 0 saturated carbocycles. The van der Waals surface area contributed by atoms with Gasteiger partial charge in [0.25, 0.3) is 0 Å². The van der Waals surface area contributed by atoms with Gasteiger partial charge in [0.1, 0.15) is 5.75 Å². The van der Waals surface area contributed by atoms with Crippen molar-refractivity contribution < 1.29 is 23.7 Å². The average Bonchev–Trinajstić information content (AvgIpc) is 2.71. The maximum atomic E-state index is 12.3. The summed E-state index contributed by atoms with van der Waals surface area (Å²) in [5.74, 6) is 2.39. The van der Waals surface area contributed by atoms with Crippen LogP contribution in [0.1, 0.15) is 11.1 Å². The summed E-state index contributed by atoms with van der Waals surface area (Å²) in [6, 6.07) is 11.4. The molecule has 7 nitrogen and oxygen atoms in total. The molecular formula is C21H28N2O5. The van der Waals surface area contributed by atoms with Gasteiger partial charge >= 0.3 is 0 Å². The predicted molar refractivity (Wildman–Crippen MR) is 107 cm³/mol. The Balaban J connectivity index is 1.90. The zero-order chi connectivity index (χ0) is 20.5. The van der Waals surface area contributed by atoms with Crippen LogP contribution in [-0.2, 0) is 17.9 Å². The topological polar surface area (TPSA) is 69.3 Å². The number of amides is 1. The highest BCUT2D eigenvalue weighted by atomic mass is 16.5. The molecule has 0 atom stereocenters. The second-order valence-corrected chi connectivity index (χ2v) is 6.33. The van der Waals surface area contributed by atoms with Crippen molar-refractivity contribution in [2.24, 2.45) is 0 Å². The fourth-order valence-electron chi connectivity index (χ4n) is 2.84. The smallest absolute Gasteiger partial charge is 0.234 e. The Labute approximate surface area is 166 Å². The van der Waals surface area contributed by atoms with Crippen LogP contribution in [0.3, 0.4) is 0 Å². The molecule has 0 aliphatic heterocycles. The molecule has 0 saturated heterocycles. The zero-order valence-electron chi connectivity index (χ0n) is 17.1. The molecule has 0 aliphatic carbocycles. The van der Waals surface area contributed by atoms with E-state index in [1.807, 2.05) is 48.3 Å². The molecule has 2 aromatic rings. The molecule has 152 valence electrons. The molecule has 2 aromatic carbocycles. The number of benzene rings is 2. The van der Waals surface area contributed by atoms with E-state index in [-0.39, 0.29) is 12.5 Å². The number of carbonyl (C=O) groups is 1. The Morgan fingerprint density at radius 3 is 2.00 bits per heavy atom. The molecule has 7 heteroatoms. The molecule has 28 heavy (non-hydrogen) atoms. The van der Waals surface area contributed by atoms with E-state index < -0.39 is 0 Å². The molecule has 0 aliphatic rings. The third kappa shape index (κ3) is 5.79. The van der Waals surface area contributed by atoms with Crippen LogP contribution < -0.4 is 24.3 Å². The van der Waals surface area contributed by atoms with Crippen molar-refractivity contribution >= 4 is 5.91 Å². The van der Waals surface area contributed by atoms with Crippen molar-refractivity contribution in [1.29, 1.82) is 0 Å². The molecule has 0 fully saturated rings. The van der Waals surface area contributed by atoms with Crippen LogP contribution in [-0.4, -0.2) is 52.8 Å². The van der Waals surface area contributed by atoms with Gasteiger partial charge in [0, 0.05) is 13.1 Å². The number of methoxy groups -OCH3 is 4. The minimum atomic E-state index is -0.0650. The summed E-state index contributed by atoms with van der Waals surface area (Å²) in [5.41, 5.74) is 1.97. The van der Waals surface area contributed by atoms with E-state index in [2.05, 4.69) is 5.32 Å². The highest BCUT2D eigenvalue weighted by Crippen LogP contribution is 2.38. The Hall–Kier alpha value is -2.93. The molecule has 1 amide bonds. The maximum Gasteiger partial charge on any atom is 0.234 e. The zero-order valence-corrected chi connectivity index (χ0v) is 17.1. The second-order valence-electron chi connectivity index (χ2n) is 6.33. The van der Waals surface area contributed by atoms with Gasteiger partial charge in [-0.15, -0.1) is 0 Å². The summed E-state index contributed by atoms with van der Waals surface area (Å²) >= 11 is 0. The van der Waals surface area contributed by atoms with E-state index in [1.54, 1.807) is 28.4 Å². The summed E-state index contributed by atoms with van der Waals surface area (Å²) in [4.78, 5) is 14.2. The summed E-state index contributed by atoms with van der Waals surface area (Å²) in [7, 11) is 8.23. The Morgan fingerprint density at radius 1 is 0.893 bits per heavy atom. The maximum absolute atomic E-state index is 12.3. The Bertz CT molecular complexity index is 752. The van der Waals surface area contributed by atoms with Crippen molar-refractivity contribution in [1.82, 2.24) is 10.2 Å². The van der Waals surface area contributed by atoms with Crippen LogP contribution in [0.2, 0.25) is 0 Å². The standard InChI is InChI=1S/C21H28N2O5/c1-23(13-15-6-8-17(25-2)9-7-15)14-20(24)22-12-16-10-18(26-3)21(28-5)19(11-16)27-4/h6-11H,12-14H2,1-5H3,(H,22,24). The van der Waals surface area contributed by atoms with E-state index in [1.165, 1.54) is 0 Å². The van der Waals surface area contributed by atoms with Gasteiger partial charge in [-0.3, -0.25) is 9.69 Å². The fraction of sp³-hybridized carbons (Fsp3) is 0.381. The monoisotopic (exact) mass is 388 g/mol. The van der Waals surface area contributed by atoms with Gasteiger partial charge < -0.3 is 24.3 Å². The SMILES string of the molecule is COc1ccc(CN(C)CC(=O)NCc2cc(OC)c(OC)c(OC)c2)cc1. The van der Waals surface area contributed by atoms with Crippen molar-refractivity contribution in [3.8, 4) is 23.0 Å². The first-order valence-electron chi connectivity index (χ1n) is 8.87. The molecule has 0 unspecified atom stereocenters. The lowest BCUT2D eigenvalue weighted by Crippen LogP contribution is -2.34. The van der Waals surface area contributed by atoms with Crippen molar-refractivity contribution in [2.75, 3.05) is 42.0 Å². The van der Waals surface area contributed by atoms with Gasteiger partial charge in [0.2, 0.25) is 11.7 Å². The summed E-state index contributed by atoms with van der Waals surface area (Å²) in [5, 5.41) is 2.92. The van der Waals surface area contributed by atoms with Gasteiger partial charge in [-0.25, -0.2) is 0 Å².